The number of carbonyl (C=O) groups is 1. The zero-order valence-electron chi connectivity index (χ0n) is 14.9. The van der Waals surface area contributed by atoms with Gasteiger partial charge in [0.1, 0.15) is 11.3 Å². The van der Waals surface area contributed by atoms with Gasteiger partial charge in [0, 0.05) is 12.8 Å². The number of carbonyl (C=O) groups excluding carboxylic acids is 1. The molecule has 7 heteroatoms. The molecule has 1 N–H and O–H groups in total. The number of nitrogens with zero attached hydrogens (tertiary/aromatic N) is 3. The molecule has 25 heavy (non-hydrogen) atoms. The number of thioether (sulfide) groups is 1. The van der Waals surface area contributed by atoms with E-state index in [1.165, 1.54) is 22.2 Å². The molecule has 1 aromatic heterocycles. The van der Waals surface area contributed by atoms with Crippen molar-refractivity contribution >= 4 is 17.7 Å². The number of hydrogen-bond acceptors (Lipinski definition) is 5. The lowest BCUT2D eigenvalue weighted by Crippen LogP contribution is -3.06. The number of nitrogens with one attached hydrogen (secondary N) is 1. The molecule has 0 saturated carbocycles. The van der Waals surface area contributed by atoms with Crippen LogP contribution in [0.25, 0.3) is 0 Å². The molecule has 1 aromatic carbocycles. The van der Waals surface area contributed by atoms with E-state index >= 15 is 0 Å². The molecule has 3 rings (SSSR count). The summed E-state index contributed by atoms with van der Waals surface area (Å²) >= 11 is 1.47. The molecule has 0 spiro atoms. The molecule has 0 aliphatic carbocycles. The number of quaternary nitrogens is 1. The number of cyclic esters (lactones) is 1. The van der Waals surface area contributed by atoms with Gasteiger partial charge in [0.25, 0.3) is 0 Å². The Morgan fingerprint density at radius 3 is 2.68 bits per heavy atom. The van der Waals surface area contributed by atoms with Crippen LogP contribution in [0.1, 0.15) is 37.2 Å². The Kier molecular flexibility index (Phi) is 5.75. The van der Waals surface area contributed by atoms with Crippen LogP contribution in [-0.2, 0) is 16.1 Å². The predicted octanol–water partition coefficient (Wildman–Crippen LogP) is 1.33. The maximum absolute atomic E-state index is 11.8. The van der Waals surface area contributed by atoms with E-state index in [2.05, 4.69) is 47.9 Å². The third-order valence-electron chi connectivity index (χ3n) is 4.48. The molecule has 2 heterocycles. The van der Waals surface area contributed by atoms with Gasteiger partial charge in [-0.2, -0.15) is 0 Å². The van der Waals surface area contributed by atoms with Crippen LogP contribution in [0.3, 0.4) is 0 Å². The molecule has 2 aromatic rings. The zero-order chi connectivity index (χ0) is 17.8. The van der Waals surface area contributed by atoms with E-state index in [1.54, 1.807) is 0 Å². The highest BCUT2D eigenvalue weighted by Gasteiger charge is 2.31. The van der Waals surface area contributed by atoms with Gasteiger partial charge in [-0.15, -0.1) is 10.2 Å². The maximum atomic E-state index is 11.8. The molecule has 0 amide bonds. The van der Waals surface area contributed by atoms with Crippen LogP contribution in [0, 0.1) is 0 Å². The standard InChI is InChI=1S/C18H24N4O2S/c1-4-14(21(2)3)16-19-20-18(25-15-10-11-24-17(15)23)22(16)12-13-8-6-5-7-9-13/h5-9,14-15H,4,10-12H2,1-3H3/p+1/t14-,15+/m1/s1. The van der Waals surface area contributed by atoms with E-state index in [-0.39, 0.29) is 17.3 Å². The summed E-state index contributed by atoms with van der Waals surface area (Å²) < 4.78 is 7.25. The molecule has 134 valence electrons. The van der Waals surface area contributed by atoms with Gasteiger partial charge in [0.05, 0.1) is 27.2 Å². The van der Waals surface area contributed by atoms with Crippen LogP contribution < -0.4 is 4.90 Å². The predicted molar refractivity (Wildman–Crippen MR) is 96.6 cm³/mol. The Labute approximate surface area is 152 Å². The minimum atomic E-state index is -0.182. The largest absolute Gasteiger partial charge is 0.465 e. The molecule has 0 bridgehead atoms. The molecule has 1 fully saturated rings. The summed E-state index contributed by atoms with van der Waals surface area (Å²) in [6.07, 6.45) is 1.71. The lowest BCUT2D eigenvalue weighted by Gasteiger charge is -2.20. The molecule has 6 nitrogen and oxygen atoms in total. The van der Waals surface area contributed by atoms with Crippen LogP contribution in [0.15, 0.2) is 35.5 Å². The minimum Gasteiger partial charge on any atom is -0.465 e. The molecule has 2 atom stereocenters. The molecular formula is C18H25N4O2S+. The summed E-state index contributed by atoms with van der Waals surface area (Å²) in [5.41, 5.74) is 1.20. The number of hydrogen-bond donors (Lipinski definition) is 1. The van der Waals surface area contributed by atoms with Crippen LogP contribution >= 0.6 is 11.8 Å². The molecule has 1 aliphatic rings. The SMILES string of the molecule is CC[C@H](c1nnc(S[C@H]2CCOC2=O)n1Cc1ccccc1)[NH+](C)C. The van der Waals surface area contributed by atoms with Gasteiger partial charge >= 0.3 is 5.97 Å². The maximum Gasteiger partial charge on any atom is 0.319 e. The molecule has 0 unspecified atom stereocenters. The van der Waals surface area contributed by atoms with Crippen molar-refractivity contribution < 1.29 is 14.4 Å². The Hall–Kier alpha value is -1.86. The number of benzene rings is 1. The summed E-state index contributed by atoms with van der Waals surface area (Å²) in [5.74, 6) is 0.825. The molecule has 1 saturated heterocycles. The van der Waals surface area contributed by atoms with E-state index < -0.39 is 0 Å². The highest BCUT2D eigenvalue weighted by Crippen LogP contribution is 2.30. The Morgan fingerprint density at radius 2 is 2.08 bits per heavy atom. The van der Waals surface area contributed by atoms with Gasteiger partial charge in [-0.1, -0.05) is 49.0 Å². The number of ether oxygens (including phenoxy) is 1. The minimum absolute atomic E-state index is 0.147. The first-order chi connectivity index (χ1) is 12.1. The first-order valence-electron chi connectivity index (χ1n) is 8.70. The Balaban J connectivity index is 1.93. The van der Waals surface area contributed by atoms with Gasteiger partial charge < -0.3 is 9.64 Å². The highest BCUT2D eigenvalue weighted by atomic mass is 32.2. The third-order valence-corrected chi connectivity index (χ3v) is 5.71. The second-order valence-electron chi connectivity index (χ2n) is 6.51. The van der Waals surface area contributed by atoms with E-state index in [0.29, 0.717) is 13.2 Å². The first kappa shape index (κ1) is 17.9. The van der Waals surface area contributed by atoms with Crippen molar-refractivity contribution in [2.45, 2.75) is 42.8 Å². The van der Waals surface area contributed by atoms with Gasteiger partial charge in [-0.05, 0) is 5.56 Å². The molecular weight excluding hydrogens is 336 g/mol. The second-order valence-corrected chi connectivity index (χ2v) is 7.68. The van der Waals surface area contributed by atoms with Crippen molar-refractivity contribution in [3.05, 3.63) is 41.7 Å². The van der Waals surface area contributed by atoms with Crippen molar-refractivity contribution in [2.24, 2.45) is 0 Å². The average molecular weight is 361 g/mol. The molecule has 1 aliphatic heterocycles. The van der Waals surface area contributed by atoms with Crippen molar-refractivity contribution in [2.75, 3.05) is 20.7 Å². The summed E-state index contributed by atoms with van der Waals surface area (Å²) in [6, 6.07) is 10.6. The van der Waals surface area contributed by atoms with Gasteiger partial charge in [0.15, 0.2) is 11.0 Å². The van der Waals surface area contributed by atoms with E-state index in [1.807, 2.05) is 18.2 Å². The van der Waals surface area contributed by atoms with Gasteiger partial charge in [0.2, 0.25) is 0 Å². The summed E-state index contributed by atoms with van der Waals surface area (Å²) in [5, 5.41) is 9.52. The van der Waals surface area contributed by atoms with E-state index in [0.717, 1.165) is 23.8 Å². The number of esters is 1. The molecule has 0 radical (unpaired) electrons. The van der Waals surface area contributed by atoms with Crippen molar-refractivity contribution in [3.63, 3.8) is 0 Å². The fraction of sp³-hybridized carbons (Fsp3) is 0.500. The third kappa shape index (κ3) is 4.04. The normalized spacial score (nSPS) is 18.6. The van der Waals surface area contributed by atoms with Crippen molar-refractivity contribution in [1.82, 2.24) is 14.8 Å². The Bertz CT molecular complexity index is 717. The lowest BCUT2D eigenvalue weighted by molar-refractivity contribution is -0.893. The topological polar surface area (TPSA) is 61.5 Å². The van der Waals surface area contributed by atoms with Crippen LogP contribution in [-0.4, -0.2) is 46.7 Å². The highest BCUT2D eigenvalue weighted by molar-refractivity contribution is 8.00. The lowest BCUT2D eigenvalue weighted by atomic mass is 10.2. The zero-order valence-corrected chi connectivity index (χ0v) is 15.8. The van der Waals surface area contributed by atoms with Crippen LogP contribution in [0.4, 0.5) is 0 Å². The smallest absolute Gasteiger partial charge is 0.319 e. The van der Waals surface area contributed by atoms with Gasteiger partial charge in [-0.25, -0.2) is 0 Å². The van der Waals surface area contributed by atoms with E-state index in [9.17, 15) is 4.79 Å². The summed E-state index contributed by atoms with van der Waals surface area (Å²) in [4.78, 5) is 13.2. The van der Waals surface area contributed by atoms with Crippen molar-refractivity contribution in [1.29, 1.82) is 0 Å². The van der Waals surface area contributed by atoms with Crippen molar-refractivity contribution in [3.8, 4) is 0 Å². The summed E-state index contributed by atoms with van der Waals surface area (Å²) in [7, 11) is 4.27. The number of rotatable bonds is 7. The average Bonchev–Trinajstić information content (AvgIpc) is 3.17. The van der Waals surface area contributed by atoms with E-state index in [4.69, 9.17) is 4.74 Å². The van der Waals surface area contributed by atoms with Crippen LogP contribution in [0.2, 0.25) is 0 Å². The monoisotopic (exact) mass is 361 g/mol. The fourth-order valence-electron chi connectivity index (χ4n) is 3.12. The fourth-order valence-corrected chi connectivity index (χ4v) is 4.13. The Morgan fingerprint density at radius 1 is 1.32 bits per heavy atom. The second kappa shape index (κ2) is 8.01. The number of aromatic nitrogens is 3. The van der Waals surface area contributed by atoms with Gasteiger partial charge in [-0.3, -0.25) is 9.36 Å². The summed E-state index contributed by atoms with van der Waals surface area (Å²) in [6.45, 7) is 3.37. The quantitative estimate of drug-likeness (QED) is 0.754. The van der Waals surface area contributed by atoms with Crippen LogP contribution in [0.5, 0.6) is 0 Å². The first-order valence-corrected chi connectivity index (χ1v) is 9.58.